The van der Waals surface area contributed by atoms with E-state index in [2.05, 4.69) is 5.32 Å². The lowest BCUT2D eigenvalue weighted by Crippen LogP contribution is -2.18. The molecule has 0 unspecified atom stereocenters. The van der Waals surface area contributed by atoms with Crippen LogP contribution in [0, 0.1) is 17.1 Å². The number of para-hydroxylation sites is 1. The number of hydrogen-bond acceptors (Lipinski definition) is 4. The Morgan fingerprint density at radius 3 is 2.83 bits per heavy atom. The van der Waals surface area contributed by atoms with Crippen LogP contribution in [-0.2, 0) is 4.79 Å². The number of carbonyl (C=O) groups excluding carboxylic acids is 1. The molecule has 0 spiro atoms. The van der Waals surface area contributed by atoms with Crippen LogP contribution in [0.1, 0.15) is 10.4 Å². The molecule has 0 aliphatic heterocycles. The first-order chi connectivity index (χ1) is 8.56. The topological polar surface area (TPSA) is 90.2 Å². The van der Waals surface area contributed by atoms with E-state index < -0.39 is 17.7 Å². The summed E-state index contributed by atoms with van der Waals surface area (Å²) in [6.07, 6.45) is 0. The Bertz CT molecular complexity index is 514. The monoisotopic (exact) mass is 268 g/mol. The van der Waals surface area contributed by atoms with Crippen molar-refractivity contribution in [3.63, 3.8) is 0 Å². The lowest BCUT2D eigenvalue weighted by Gasteiger charge is -2.08. The van der Waals surface area contributed by atoms with E-state index in [1.165, 1.54) is 12.1 Å². The standard InChI is InChI=1S/C11H9FN2O3S/c12-8-3-1-2-7(11(16)17)10(8)14-9(15)6-18-5-4-13/h1-3H,5-6H2,(H,14,15)(H,16,17). The van der Waals surface area contributed by atoms with Crippen LogP contribution in [0.2, 0.25) is 0 Å². The van der Waals surface area contributed by atoms with Crippen LogP contribution in [0.5, 0.6) is 0 Å². The quantitative estimate of drug-likeness (QED) is 0.793. The van der Waals surface area contributed by atoms with Crippen molar-refractivity contribution in [2.24, 2.45) is 0 Å². The first kappa shape index (κ1) is 14.0. The molecule has 0 aromatic heterocycles. The molecule has 7 heteroatoms. The third kappa shape index (κ3) is 3.75. The SMILES string of the molecule is N#CCSCC(=O)Nc1c(F)cccc1C(=O)O. The van der Waals surface area contributed by atoms with Gasteiger partial charge in [-0.2, -0.15) is 5.26 Å². The van der Waals surface area contributed by atoms with Crippen molar-refractivity contribution in [1.82, 2.24) is 0 Å². The van der Waals surface area contributed by atoms with E-state index in [1.54, 1.807) is 0 Å². The number of rotatable bonds is 5. The molecule has 18 heavy (non-hydrogen) atoms. The fraction of sp³-hybridized carbons (Fsp3) is 0.182. The highest BCUT2D eigenvalue weighted by Crippen LogP contribution is 2.20. The van der Waals surface area contributed by atoms with Crippen LogP contribution >= 0.6 is 11.8 Å². The summed E-state index contributed by atoms with van der Waals surface area (Å²) in [5.41, 5.74) is -0.666. The van der Waals surface area contributed by atoms with Gasteiger partial charge in [-0.05, 0) is 12.1 Å². The minimum absolute atomic E-state index is 0.0407. The number of nitrogens with zero attached hydrogens (tertiary/aromatic N) is 1. The number of thioether (sulfide) groups is 1. The van der Waals surface area contributed by atoms with Gasteiger partial charge in [-0.1, -0.05) is 6.07 Å². The van der Waals surface area contributed by atoms with Crippen molar-refractivity contribution in [3.05, 3.63) is 29.6 Å². The van der Waals surface area contributed by atoms with Crippen molar-refractivity contribution in [2.45, 2.75) is 0 Å². The summed E-state index contributed by atoms with van der Waals surface area (Å²) in [6.45, 7) is 0. The van der Waals surface area contributed by atoms with Crippen LogP contribution in [0.15, 0.2) is 18.2 Å². The van der Waals surface area contributed by atoms with E-state index in [0.29, 0.717) is 0 Å². The van der Waals surface area contributed by atoms with Gasteiger partial charge in [-0.3, -0.25) is 4.79 Å². The zero-order chi connectivity index (χ0) is 13.5. The number of anilines is 1. The molecule has 0 atom stereocenters. The maximum Gasteiger partial charge on any atom is 0.337 e. The molecule has 0 heterocycles. The van der Waals surface area contributed by atoms with Crippen LogP contribution in [0.4, 0.5) is 10.1 Å². The first-order valence-electron chi connectivity index (χ1n) is 4.82. The average molecular weight is 268 g/mol. The second-order valence-electron chi connectivity index (χ2n) is 3.17. The number of benzene rings is 1. The molecule has 2 N–H and O–H groups in total. The van der Waals surface area contributed by atoms with Gasteiger partial charge < -0.3 is 10.4 Å². The number of amides is 1. The Balaban J connectivity index is 2.81. The van der Waals surface area contributed by atoms with Crippen molar-refractivity contribution < 1.29 is 19.1 Å². The number of carboxylic acids is 1. The number of carboxylic acid groups (broad SMARTS) is 1. The third-order valence-corrected chi connectivity index (χ3v) is 2.71. The molecule has 0 fully saturated rings. The lowest BCUT2D eigenvalue weighted by molar-refractivity contribution is -0.113. The smallest absolute Gasteiger partial charge is 0.337 e. The van der Waals surface area contributed by atoms with E-state index >= 15 is 0 Å². The Labute approximate surface area is 107 Å². The minimum atomic E-state index is -1.32. The normalized spacial score (nSPS) is 9.56. The van der Waals surface area contributed by atoms with Crippen molar-refractivity contribution >= 4 is 29.3 Å². The number of nitrogens with one attached hydrogen (secondary N) is 1. The first-order valence-corrected chi connectivity index (χ1v) is 5.98. The molecule has 1 rings (SSSR count). The van der Waals surface area contributed by atoms with E-state index in [1.807, 2.05) is 6.07 Å². The molecule has 0 saturated carbocycles. The summed E-state index contributed by atoms with van der Waals surface area (Å²) < 4.78 is 13.4. The summed E-state index contributed by atoms with van der Waals surface area (Å²) in [5, 5.41) is 19.3. The lowest BCUT2D eigenvalue weighted by atomic mass is 10.1. The molecule has 1 aromatic carbocycles. The number of halogens is 1. The maximum absolute atomic E-state index is 13.4. The highest BCUT2D eigenvalue weighted by molar-refractivity contribution is 8.00. The second-order valence-corrected chi connectivity index (χ2v) is 4.15. The average Bonchev–Trinajstić information content (AvgIpc) is 2.31. The van der Waals surface area contributed by atoms with Crippen LogP contribution in [0.25, 0.3) is 0 Å². The van der Waals surface area contributed by atoms with Gasteiger partial charge in [0.1, 0.15) is 5.82 Å². The van der Waals surface area contributed by atoms with Crippen molar-refractivity contribution in [3.8, 4) is 6.07 Å². The van der Waals surface area contributed by atoms with Gasteiger partial charge in [0.15, 0.2) is 0 Å². The van der Waals surface area contributed by atoms with Crippen LogP contribution in [-0.4, -0.2) is 28.5 Å². The van der Waals surface area contributed by atoms with Crippen LogP contribution in [0.3, 0.4) is 0 Å². The van der Waals surface area contributed by atoms with Gasteiger partial charge in [0, 0.05) is 0 Å². The van der Waals surface area contributed by atoms with Gasteiger partial charge in [-0.15, -0.1) is 11.8 Å². The summed E-state index contributed by atoms with van der Waals surface area (Å²) in [5.74, 6) is -2.59. The Hall–Kier alpha value is -2.07. The molecule has 0 saturated heterocycles. The van der Waals surface area contributed by atoms with Crippen LogP contribution < -0.4 is 5.32 Å². The molecule has 5 nitrogen and oxygen atoms in total. The second kappa shape index (κ2) is 6.61. The fourth-order valence-corrected chi connectivity index (χ4v) is 1.65. The molecule has 1 aromatic rings. The van der Waals surface area contributed by atoms with E-state index in [9.17, 15) is 14.0 Å². The Kier molecular flexibility index (Phi) is 5.14. The minimum Gasteiger partial charge on any atom is -0.478 e. The van der Waals surface area contributed by atoms with E-state index in [4.69, 9.17) is 10.4 Å². The van der Waals surface area contributed by atoms with Crippen molar-refractivity contribution in [1.29, 1.82) is 5.26 Å². The van der Waals surface area contributed by atoms with Gasteiger partial charge in [0.05, 0.1) is 28.8 Å². The van der Waals surface area contributed by atoms with Gasteiger partial charge in [0.25, 0.3) is 0 Å². The number of nitriles is 1. The zero-order valence-electron chi connectivity index (χ0n) is 9.14. The summed E-state index contributed by atoms with van der Waals surface area (Å²) >= 11 is 1.06. The number of carbonyl (C=O) groups is 2. The third-order valence-electron chi connectivity index (χ3n) is 1.91. The summed E-state index contributed by atoms with van der Waals surface area (Å²) in [6, 6.07) is 5.35. The molecule has 0 bridgehead atoms. The Morgan fingerprint density at radius 2 is 2.22 bits per heavy atom. The largest absolute Gasteiger partial charge is 0.478 e. The number of aromatic carboxylic acids is 1. The highest BCUT2D eigenvalue weighted by Gasteiger charge is 2.16. The molecule has 94 valence electrons. The fourth-order valence-electron chi connectivity index (χ4n) is 1.19. The predicted molar refractivity (Wildman–Crippen MR) is 64.9 cm³/mol. The molecular formula is C11H9FN2O3S. The molecule has 1 amide bonds. The van der Waals surface area contributed by atoms with E-state index in [-0.39, 0.29) is 22.8 Å². The highest BCUT2D eigenvalue weighted by atomic mass is 32.2. The Morgan fingerprint density at radius 1 is 1.50 bits per heavy atom. The predicted octanol–water partition coefficient (Wildman–Crippen LogP) is 1.72. The van der Waals surface area contributed by atoms with Gasteiger partial charge in [-0.25, -0.2) is 9.18 Å². The summed E-state index contributed by atoms with van der Waals surface area (Å²) in [4.78, 5) is 22.3. The van der Waals surface area contributed by atoms with E-state index in [0.717, 1.165) is 17.8 Å². The molecule has 0 aliphatic rings. The maximum atomic E-state index is 13.4. The molecular weight excluding hydrogens is 259 g/mol. The zero-order valence-corrected chi connectivity index (χ0v) is 9.96. The van der Waals surface area contributed by atoms with Gasteiger partial charge >= 0.3 is 5.97 Å². The molecule has 0 radical (unpaired) electrons. The van der Waals surface area contributed by atoms with Gasteiger partial charge in [0.2, 0.25) is 5.91 Å². The number of hydrogen-bond donors (Lipinski definition) is 2. The van der Waals surface area contributed by atoms with Crippen molar-refractivity contribution in [2.75, 3.05) is 16.8 Å². The summed E-state index contributed by atoms with van der Waals surface area (Å²) in [7, 11) is 0. The molecule has 0 aliphatic carbocycles.